The van der Waals surface area contributed by atoms with Crippen molar-refractivity contribution in [3.05, 3.63) is 78.9 Å². The van der Waals surface area contributed by atoms with Gasteiger partial charge in [-0.05, 0) is 57.1 Å². The smallest absolute Gasteiger partial charge is 0.220 e. The molecule has 1 N–H and O–H groups in total. The Bertz CT molecular complexity index is 1270. The van der Waals surface area contributed by atoms with E-state index in [4.69, 9.17) is 0 Å². The van der Waals surface area contributed by atoms with Crippen LogP contribution in [0.15, 0.2) is 73.3 Å². The summed E-state index contributed by atoms with van der Waals surface area (Å²) in [4.78, 5) is 16.2. The van der Waals surface area contributed by atoms with E-state index in [1.165, 1.54) is 37.9 Å². The van der Waals surface area contributed by atoms with Gasteiger partial charge in [-0.25, -0.2) is 4.98 Å². The molecule has 4 aromatic carbocycles. The molecule has 0 saturated carbocycles. The van der Waals surface area contributed by atoms with Crippen molar-refractivity contribution in [2.45, 2.75) is 32.2 Å². The highest BCUT2D eigenvalue weighted by Crippen LogP contribution is 2.36. The van der Waals surface area contributed by atoms with Crippen LogP contribution in [-0.4, -0.2) is 22.0 Å². The molecule has 1 aromatic heterocycles. The van der Waals surface area contributed by atoms with Gasteiger partial charge in [0.2, 0.25) is 5.91 Å². The predicted molar refractivity (Wildman–Crippen MR) is 123 cm³/mol. The summed E-state index contributed by atoms with van der Waals surface area (Å²) in [6.45, 7) is 1.58. The molecule has 0 aliphatic heterocycles. The maximum absolute atomic E-state index is 12.2. The average Bonchev–Trinajstić information content (AvgIpc) is 3.29. The Morgan fingerprint density at radius 2 is 1.67 bits per heavy atom. The quantitative estimate of drug-likeness (QED) is 0.286. The van der Waals surface area contributed by atoms with E-state index < -0.39 is 0 Å². The normalized spacial score (nSPS) is 11.6. The molecule has 1 heterocycles. The molecule has 0 saturated heterocycles. The summed E-state index contributed by atoms with van der Waals surface area (Å²) in [5.41, 5.74) is 1.33. The van der Waals surface area contributed by atoms with E-state index in [1.54, 1.807) is 12.5 Å². The van der Waals surface area contributed by atoms with Gasteiger partial charge in [0, 0.05) is 31.9 Å². The van der Waals surface area contributed by atoms with E-state index >= 15 is 0 Å². The van der Waals surface area contributed by atoms with Gasteiger partial charge >= 0.3 is 0 Å². The number of hydrogen-bond donors (Lipinski definition) is 1. The first kappa shape index (κ1) is 18.6. The Hall–Kier alpha value is -3.40. The molecule has 4 heteroatoms. The van der Waals surface area contributed by atoms with Crippen molar-refractivity contribution in [1.29, 1.82) is 0 Å². The van der Waals surface area contributed by atoms with Crippen LogP contribution in [0, 0.1) is 0 Å². The molecule has 0 aliphatic rings. The Balaban J connectivity index is 1.23. The van der Waals surface area contributed by atoms with Crippen LogP contribution >= 0.6 is 0 Å². The maximum atomic E-state index is 12.2. The Morgan fingerprint density at radius 3 is 2.47 bits per heavy atom. The molecule has 0 fully saturated rings. The van der Waals surface area contributed by atoms with Crippen molar-refractivity contribution in [2.24, 2.45) is 0 Å². The number of aromatic nitrogens is 2. The first-order valence-electron chi connectivity index (χ1n) is 10.7. The highest BCUT2D eigenvalue weighted by atomic mass is 16.1. The molecule has 5 aromatic rings. The maximum Gasteiger partial charge on any atom is 0.220 e. The SMILES string of the molecule is O=C(CCCc1ccc2ccc3cccc4ccc1c2c34)NCCCn1ccnc1. The van der Waals surface area contributed by atoms with Crippen LogP contribution in [0.25, 0.3) is 32.3 Å². The summed E-state index contributed by atoms with van der Waals surface area (Å²) in [6, 6.07) is 19.8. The molecule has 150 valence electrons. The van der Waals surface area contributed by atoms with Crippen molar-refractivity contribution in [1.82, 2.24) is 14.9 Å². The molecular weight excluding hydrogens is 370 g/mol. The van der Waals surface area contributed by atoms with Crippen molar-refractivity contribution < 1.29 is 4.79 Å². The number of rotatable bonds is 8. The highest BCUT2D eigenvalue weighted by Gasteiger charge is 2.11. The number of benzene rings is 4. The van der Waals surface area contributed by atoms with Crippen molar-refractivity contribution in [3.63, 3.8) is 0 Å². The van der Waals surface area contributed by atoms with Gasteiger partial charge in [0.25, 0.3) is 0 Å². The van der Waals surface area contributed by atoms with Gasteiger partial charge in [-0.15, -0.1) is 0 Å². The predicted octanol–water partition coefficient (Wildman–Crippen LogP) is 5.31. The lowest BCUT2D eigenvalue weighted by Gasteiger charge is -2.14. The van der Waals surface area contributed by atoms with Gasteiger partial charge in [0.1, 0.15) is 0 Å². The summed E-state index contributed by atoms with van der Waals surface area (Å²) >= 11 is 0. The molecule has 0 aliphatic carbocycles. The summed E-state index contributed by atoms with van der Waals surface area (Å²) < 4.78 is 2.03. The van der Waals surface area contributed by atoms with Gasteiger partial charge in [-0.3, -0.25) is 4.79 Å². The first-order chi connectivity index (χ1) is 14.8. The lowest BCUT2D eigenvalue weighted by molar-refractivity contribution is -0.121. The molecule has 0 spiro atoms. The van der Waals surface area contributed by atoms with E-state index in [1.807, 2.05) is 10.8 Å². The summed E-state index contributed by atoms with van der Waals surface area (Å²) in [6.07, 6.45) is 8.77. The molecule has 30 heavy (non-hydrogen) atoms. The number of nitrogens with one attached hydrogen (secondary N) is 1. The van der Waals surface area contributed by atoms with E-state index in [0.29, 0.717) is 13.0 Å². The molecule has 0 atom stereocenters. The molecule has 1 amide bonds. The summed E-state index contributed by atoms with van der Waals surface area (Å²) in [5, 5.41) is 10.9. The number of amides is 1. The van der Waals surface area contributed by atoms with Crippen molar-refractivity contribution >= 4 is 38.2 Å². The van der Waals surface area contributed by atoms with Crippen molar-refractivity contribution in [2.75, 3.05) is 6.54 Å². The molecule has 0 unspecified atom stereocenters. The molecule has 5 rings (SSSR count). The number of aryl methyl sites for hydroxylation is 2. The van der Waals surface area contributed by atoms with Gasteiger partial charge in [0.15, 0.2) is 0 Å². The van der Waals surface area contributed by atoms with E-state index in [-0.39, 0.29) is 5.91 Å². The summed E-state index contributed by atoms with van der Waals surface area (Å²) in [5.74, 6) is 0.137. The number of hydrogen-bond acceptors (Lipinski definition) is 2. The lowest BCUT2D eigenvalue weighted by atomic mass is 9.90. The highest BCUT2D eigenvalue weighted by molar-refractivity contribution is 6.23. The van der Waals surface area contributed by atoms with Crippen LogP contribution in [0.4, 0.5) is 0 Å². The molecule has 4 nitrogen and oxygen atoms in total. The topological polar surface area (TPSA) is 46.9 Å². The largest absolute Gasteiger partial charge is 0.356 e. The monoisotopic (exact) mass is 395 g/mol. The minimum absolute atomic E-state index is 0.137. The third kappa shape index (κ3) is 3.61. The number of carbonyl (C=O) groups is 1. The molecular formula is C26H25N3O. The van der Waals surface area contributed by atoms with Crippen LogP contribution in [0.1, 0.15) is 24.8 Å². The van der Waals surface area contributed by atoms with E-state index in [2.05, 4.69) is 64.9 Å². The minimum Gasteiger partial charge on any atom is -0.356 e. The van der Waals surface area contributed by atoms with Crippen LogP contribution in [0.2, 0.25) is 0 Å². The zero-order valence-electron chi connectivity index (χ0n) is 17.0. The Morgan fingerprint density at radius 1 is 0.900 bits per heavy atom. The third-order valence-electron chi connectivity index (χ3n) is 5.94. The van der Waals surface area contributed by atoms with Crippen LogP contribution in [-0.2, 0) is 17.8 Å². The fraction of sp³-hybridized carbons (Fsp3) is 0.231. The van der Waals surface area contributed by atoms with Gasteiger partial charge in [-0.1, -0.05) is 54.6 Å². The summed E-state index contributed by atoms with van der Waals surface area (Å²) in [7, 11) is 0. The van der Waals surface area contributed by atoms with Gasteiger partial charge < -0.3 is 9.88 Å². The van der Waals surface area contributed by atoms with Crippen LogP contribution in [0.3, 0.4) is 0 Å². The fourth-order valence-corrected chi connectivity index (χ4v) is 4.45. The van der Waals surface area contributed by atoms with Crippen LogP contribution < -0.4 is 5.32 Å². The first-order valence-corrected chi connectivity index (χ1v) is 10.7. The molecule has 0 bridgehead atoms. The fourth-order valence-electron chi connectivity index (χ4n) is 4.45. The Kier molecular flexibility index (Phi) is 5.06. The third-order valence-corrected chi connectivity index (χ3v) is 5.94. The average molecular weight is 396 g/mol. The number of imidazole rings is 1. The second-order valence-corrected chi connectivity index (χ2v) is 7.94. The zero-order valence-corrected chi connectivity index (χ0v) is 17.0. The van der Waals surface area contributed by atoms with Crippen LogP contribution in [0.5, 0.6) is 0 Å². The Labute approximate surface area is 175 Å². The number of nitrogens with zero attached hydrogens (tertiary/aromatic N) is 2. The minimum atomic E-state index is 0.137. The second-order valence-electron chi connectivity index (χ2n) is 7.94. The van der Waals surface area contributed by atoms with E-state index in [9.17, 15) is 4.79 Å². The van der Waals surface area contributed by atoms with Gasteiger partial charge in [0.05, 0.1) is 6.33 Å². The standard InChI is InChI=1S/C26H25N3O/c30-24(28-14-3-16-29-17-15-27-18-29)7-2-4-19-8-9-22-11-10-20-5-1-6-21-12-13-23(19)26(22)25(20)21/h1,5-6,8-13,15,17-18H,2-4,7,14,16H2,(H,28,30). The number of carbonyl (C=O) groups excluding carboxylic acids is 1. The molecule has 0 radical (unpaired) electrons. The lowest BCUT2D eigenvalue weighted by Crippen LogP contribution is -2.24. The second kappa shape index (κ2) is 8.15. The van der Waals surface area contributed by atoms with E-state index in [0.717, 1.165) is 25.8 Å². The van der Waals surface area contributed by atoms with Gasteiger partial charge in [-0.2, -0.15) is 0 Å². The van der Waals surface area contributed by atoms with Crippen molar-refractivity contribution in [3.8, 4) is 0 Å². The zero-order chi connectivity index (χ0) is 20.3.